The molecule has 0 aromatic heterocycles. The molecule has 0 unspecified atom stereocenters. The quantitative estimate of drug-likeness (QED) is 0.683. The van der Waals surface area contributed by atoms with Crippen molar-refractivity contribution in [3.63, 3.8) is 0 Å². The van der Waals surface area contributed by atoms with Crippen LogP contribution in [0, 0.1) is 0 Å². The van der Waals surface area contributed by atoms with Crippen molar-refractivity contribution in [3.8, 4) is 5.75 Å². The molecule has 1 aromatic carbocycles. The number of sulfonamides is 1. The summed E-state index contributed by atoms with van der Waals surface area (Å²) in [5, 5.41) is 3.18. The summed E-state index contributed by atoms with van der Waals surface area (Å²) in [6.45, 7) is 3.93. The van der Waals surface area contributed by atoms with Gasteiger partial charge in [0.1, 0.15) is 5.75 Å². The lowest BCUT2D eigenvalue weighted by atomic mass is 10.3. The summed E-state index contributed by atoms with van der Waals surface area (Å²) in [4.78, 5) is 11.6. The van der Waals surface area contributed by atoms with Gasteiger partial charge in [-0.25, -0.2) is 8.42 Å². The summed E-state index contributed by atoms with van der Waals surface area (Å²) >= 11 is 5.74. The smallest absolute Gasteiger partial charge is 0.257 e. The number of amides is 1. The molecule has 1 amide bonds. The zero-order valence-corrected chi connectivity index (χ0v) is 13.9. The molecular formula is C14H19ClN2O4S. The third-order valence-corrected chi connectivity index (χ3v) is 4.19. The molecule has 0 bridgehead atoms. The molecule has 1 rings (SSSR count). The van der Waals surface area contributed by atoms with Crippen LogP contribution in [0.3, 0.4) is 0 Å². The fraction of sp³-hybridized carbons (Fsp3) is 0.357. The second-order valence-electron chi connectivity index (χ2n) is 4.50. The molecule has 0 heterocycles. The standard InChI is InChI=1S/C14H19ClN2O4S/c1-3-9-17(22(2,19)20)10-8-16-14(18)11-21-13-6-4-12(15)5-7-13/h3-7H,1,8-11H2,2H3,(H,16,18). The Labute approximate surface area is 135 Å². The number of carbonyl (C=O) groups excluding carboxylic acids is 1. The lowest BCUT2D eigenvalue weighted by Crippen LogP contribution is -2.39. The lowest BCUT2D eigenvalue weighted by Gasteiger charge is -2.18. The van der Waals surface area contributed by atoms with E-state index in [0.29, 0.717) is 10.8 Å². The van der Waals surface area contributed by atoms with E-state index < -0.39 is 10.0 Å². The maximum Gasteiger partial charge on any atom is 0.257 e. The summed E-state index contributed by atoms with van der Waals surface area (Å²) in [5.41, 5.74) is 0. The number of nitrogens with zero attached hydrogens (tertiary/aromatic N) is 1. The van der Waals surface area contributed by atoms with Crippen molar-refractivity contribution in [2.45, 2.75) is 0 Å². The van der Waals surface area contributed by atoms with Gasteiger partial charge in [0.05, 0.1) is 6.26 Å². The van der Waals surface area contributed by atoms with Crippen LogP contribution in [0.25, 0.3) is 0 Å². The average Bonchev–Trinajstić information content (AvgIpc) is 2.45. The van der Waals surface area contributed by atoms with Gasteiger partial charge in [0, 0.05) is 24.7 Å². The fourth-order valence-electron chi connectivity index (χ4n) is 1.59. The van der Waals surface area contributed by atoms with E-state index >= 15 is 0 Å². The van der Waals surface area contributed by atoms with Gasteiger partial charge in [0.2, 0.25) is 10.0 Å². The summed E-state index contributed by atoms with van der Waals surface area (Å²) in [7, 11) is -3.32. The van der Waals surface area contributed by atoms with Gasteiger partial charge < -0.3 is 10.1 Å². The molecule has 122 valence electrons. The molecule has 1 aromatic rings. The number of benzene rings is 1. The van der Waals surface area contributed by atoms with E-state index in [9.17, 15) is 13.2 Å². The molecule has 0 fully saturated rings. The highest BCUT2D eigenvalue weighted by molar-refractivity contribution is 7.88. The van der Waals surface area contributed by atoms with Crippen molar-refractivity contribution in [1.29, 1.82) is 0 Å². The van der Waals surface area contributed by atoms with Crippen molar-refractivity contribution in [2.24, 2.45) is 0 Å². The molecule has 6 nitrogen and oxygen atoms in total. The second kappa shape index (κ2) is 8.77. The lowest BCUT2D eigenvalue weighted by molar-refractivity contribution is -0.123. The van der Waals surface area contributed by atoms with Crippen LogP contribution in [0.2, 0.25) is 5.02 Å². The van der Waals surface area contributed by atoms with E-state index in [2.05, 4.69) is 11.9 Å². The van der Waals surface area contributed by atoms with Crippen LogP contribution < -0.4 is 10.1 Å². The van der Waals surface area contributed by atoms with Gasteiger partial charge in [-0.05, 0) is 24.3 Å². The van der Waals surface area contributed by atoms with Crippen molar-refractivity contribution in [2.75, 3.05) is 32.5 Å². The molecular weight excluding hydrogens is 328 g/mol. The van der Waals surface area contributed by atoms with Crippen LogP contribution in [0.4, 0.5) is 0 Å². The Morgan fingerprint density at radius 1 is 1.41 bits per heavy atom. The van der Waals surface area contributed by atoms with Crippen LogP contribution >= 0.6 is 11.6 Å². The first-order valence-corrected chi connectivity index (χ1v) is 8.76. The first-order valence-electron chi connectivity index (χ1n) is 6.54. The van der Waals surface area contributed by atoms with Crippen molar-refractivity contribution < 1.29 is 17.9 Å². The Balaban J connectivity index is 2.33. The first-order chi connectivity index (χ1) is 10.3. The highest BCUT2D eigenvalue weighted by atomic mass is 35.5. The van der Waals surface area contributed by atoms with E-state index in [-0.39, 0.29) is 32.1 Å². The third kappa shape index (κ3) is 6.93. The van der Waals surface area contributed by atoms with Gasteiger partial charge in [-0.15, -0.1) is 6.58 Å². The molecule has 22 heavy (non-hydrogen) atoms. The van der Waals surface area contributed by atoms with Crippen molar-refractivity contribution >= 4 is 27.5 Å². The highest BCUT2D eigenvalue weighted by Crippen LogP contribution is 2.15. The fourth-order valence-corrected chi connectivity index (χ4v) is 2.51. The number of carbonyl (C=O) groups is 1. The number of halogens is 1. The monoisotopic (exact) mass is 346 g/mol. The molecule has 1 N–H and O–H groups in total. The highest BCUT2D eigenvalue weighted by Gasteiger charge is 2.14. The minimum atomic E-state index is -3.32. The topological polar surface area (TPSA) is 75.7 Å². The van der Waals surface area contributed by atoms with Crippen LogP contribution in [0.5, 0.6) is 5.75 Å². The molecule has 0 aliphatic heterocycles. The van der Waals surface area contributed by atoms with Crippen LogP contribution in [0.15, 0.2) is 36.9 Å². The molecule has 0 radical (unpaired) electrons. The van der Waals surface area contributed by atoms with Crippen LogP contribution in [-0.4, -0.2) is 51.1 Å². The van der Waals surface area contributed by atoms with Gasteiger partial charge in [-0.1, -0.05) is 17.7 Å². The van der Waals surface area contributed by atoms with Crippen LogP contribution in [-0.2, 0) is 14.8 Å². The largest absolute Gasteiger partial charge is 0.484 e. The third-order valence-electron chi connectivity index (χ3n) is 2.67. The normalized spacial score (nSPS) is 11.2. The predicted molar refractivity (Wildman–Crippen MR) is 86.6 cm³/mol. The van der Waals surface area contributed by atoms with Crippen LogP contribution in [0.1, 0.15) is 0 Å². The number of hydrogen-bond acceptors (Lipinski definition) is 4. The van der Waals surface area contributed by atoms with E-state index in [1.807, 2.05) is 0 Å². The molecule has 0 spiro atoms. The molecule has 0 aliphatic carbocycles. The van der Waals surface area contributed by atoms with E-state index in [1.165, 1.54) is 10.4 Å². The number of hydrogen-bond donors (Lipinski definition) is 1. The predicted octanol–water partition coefficient (Wildman–Crippen LogP) is 1.28. The van der Waals surface area contributed by atoms with Crippen molar-refractivity contribution in [3.05, 3.63) is 41.9 Å². The minimum absolute atomic E-state index is 0.151. The Morgan fingerprint density at radius 2 is 2.05 bits per heavy atom. The molecule has 0 saturated heterocycles. The Bertz CT molecular complexity index is 602. The molecule has 0 aliphatic rings. The molecule has 0 saturated carbocycles. The first kappa shape index (κ1) is 18.5. The Morgan fingerprint density at radius 3 is 2.59 bits per heavy atom. The zero-order valence-electron chi connectivity index (χ0n) is 12.3. The van der Waals surface area contributed by atoms with Gasteiger partial charge in [-0.2, -0.15) is 4.31 Å². The summed E-state index contributed by atoms with van der Waals surface area (Å²) in [6.07, 6.45) is 2.61. The number of ether oxygens (including phenoxy) is 1. The van der Waals surface area contributed by atoms with Crippen molar-refractivity contribution in [1.82, 2.24) is 9.62 Å². The second-order valence-corrected chi connectivity index (χ2v) is 6.92. The van der Waals surface area contributed by atoms with E-state index in [4.69, 9.17) is 16.3 Å². The van der Waals surface area contributed by atoms with Gasteiger partial charge >= 0.3 is 0 Å². The molecule has 8 heteroatoms. The molecule has 0 atom stereocenters. The summed E-state index contributed by atoms with van der Waals surface area (Å²) < 4.78 is 29.4. The van der Waals surface area contributed by atoms with Gasteiger partial charge in [0.25, 0.3) is 5.91 Å². The maximum absolute atomic E-state index is 11.6. The number of rotatable bonds is 9. The maximum atomic E-state index is 11.6. The van der Waals surface area contributed by atoms with Gasteiger partial charge in [0.15, 0.2) is 6.61 Å². The SMILES string of the molecule is C=CCN(CCNC(=O)COc1ccc(Cl)cc1)S(C)(=O)=O. The van der Waals surface area contributed by atoms with Gasteiger partial charge in [-0.3, -0.25) is 4.79 Å². The average molecular weight is 347 g/mol. The summed E-state index contributed by atoms with van der Waals surface area (Å²) in [6, 6.07) is 6.64. The minimum Gasteiger partial charge on any atom is -0.484 e. The number of nitrogens with one attached hydrogen (secondary N) is 1. The summed E-state index contributed by atoms with van der Waals surface area (Å²) in [5.74, 6) is 0.200. The zero-order chi connectivity index (χ0) is 16.6. The Hall–Kier alpha value is -1.57. The Kier molecular flexibility index (Phi) is 7.37. The van der Waals surface area contributed by atoms with E-state index in [1.54, 1.807) is 24.3 Å². The van der Waals surface area contributed by atoms with E-state index in [0.717, 1.165) is 6.26 Å².